The van der Waals surface area contributed by atoms with Gasteiger partial charge in [-0.25, -0.2) is 4.79 Å². The maximum absolute atomic E-state index is 11.4. The SMILES string of the molecule is CN(CC(N)=O)C(=O)NCC(C)(C)C(=O)O. The fraction of sp³-hybridized carbons (Fsp3) is 0.667. The number of carboxylic acids is 1. The first kappa shape index (κ1) is 14.2. The third-order valence-electron chi connectivity index (χ3n) is 2.00. The number of nitrogens with zero attached hydrogens (tertiary/aromatic N) is 1. The van der Waals surface area contributed by atoms with Crippen LogP contribution >= 0.6 is 0 Å². The van der Waals surface area contributed by atoms with E-state index in [4.69, 9.17) is 10.8 Å². The van der Waals surface area contributed by atoms with Crippen LogP contribution in [-0.4, -0.2) is 48.1 Å². The number of rotatable bonds is 5. The highest BCUT2D eigenvalue weighted by atomic mass is 16.4. The molecule has 0 unspecified atom stereocenters. The summed E-state index contributed by atoms with van der Waals surface area (Å²) in [5, 5.41) is 11.2. The molecule has 0 aliphatic heterocycles. The lowest BCUT2D eigenvalue weighted by atomic mass is 9.94. The van der Waals surface area contributed by atoms with Gasteiger partial charge < -0.3 is 21.1 Å². The molecule has 0 radical (unpaired) electrons. The van der Waals surface area contributed by atoms with E-state index >= 15 is 0 Å². The topological polar surface area (TPSA) is 113 Å². The number of aliphatic carboxylic acids is 1. The molecule has 0 aromatic heterocycles. The van der Waals surface area contributed by atoms with Crippen molar-refractivity contribution in [3.8, 4) is 0 Å². The Morgan fingerprint density at radius 1 is 1.38 bits per heavy atom. The van der Waals surface area contributed by atoms with Gasteiger partial charge in [-0.05, 0) is 13.8 Å². The summed E-state index contributed by atoms with van der Waals surface area (Å²) in [6.45, 7) is 2.75. The molecule has 16 heavy (non-hydrogen) atoms. The molecule has 0 aliphatic carbocycles. The van der Waals surface area contributed by atoms with Crippen LogP contribution in [0.5, 0.6) is 0 Å². The van der Waals surface area contributed by atoms with Crippen LogP contribution < -0.4 is 11.1 Å². The summed E-state index contributed by atoms with van der Waals surface area (Å²) >= 11 is 0. The Morgan fingerprint density at radius 2 is 1.88 bits per heavy atom. The molecule has 4 N–H and O–H groups in total. The number of amides is 3. The summed E-state index contributed by atoms with van der Waals surface area (Å²) in [5.74, 6) is -1.64. The van der Waals surface area contributed by atoms with Crippen molar-refractivity contribution in [1.82, 2.24) is 10.2 Å². The number of carboxylic acid groups (broad SMARTS) is 1. The second-order valence-electron chi connectivity index (χ2n) is 4.17. The molecular weight excluding hydrogens is 214 g/mol. The zero-order valence-electron chi connectivity index (χ0n) is 9.61. The van der Waals surface area contributed by atoms with Crippen LogP contribution in [0.4, 0.5) is 4.79 Å². The van der Waals surface area contributed by atoms with E-state index in [-0.39, 0.29) is 13.1 Å². The molecular formula is C9H17N3O4. The predicted octanol–water partition coefficient (Wildman–Crippen LogP) is -0.776. The van der Waals surface area contributed by atoms with Crippen molar-refractivity contribution in [2.24, 2.45) is 11.1 Å². The highest BCUT2D eigenvalue weighted by molar-refractivity contribution is 5.83. The first-order chi connectivity index (χ1) is 7.16. The minimum Gasteiger partial charge on any atom is -0.481 e. The van der Waals surface area contributed by atoms with Gasteiger partial charge in [0, 0.05) is 13.6 Å². The minimum atomic E-state index is -1.05. The van der Waals surface area contributed by atoms with Crippen LogP contribution in [-0.2, 0) is 9.59 Å². The summed E-state index contributed by atoms with van der Waals surface area (Å²) in [6.07, 6.45) is 0. The second-order valence-corrected chi connectivity index (χ2v) is 4.17. The Hall–Kier alpha value is -1.79. The van der Waals surface area contributed by atoms with E-state index in [0.29, 0.717) is 0 Å². The number of primary amides is 1. The number of likely N-dealkylation sites (N-methyl/N-ethyl adjacent to an activating group) is 1. The van der Waals surface area contributed by atoms with Crippen LogP contribution in [0.1, 0.15) is 13.8 Å². The van der Waals surface area contributed by atoms with Gasteiger partial charge in [0.25, 0.3) is 0 Å². The summed E-state index contributed by atoms with van der Waals surface area (Å²) in [4.78, 5) is 33.7. The van der Waals surface area contributed by atoms with Gasteiger partial charge >= 0.3 is 12.0 Å². The average Bonchev–Trinajstić information content (AvgIpc) is 2.12. The Morgan fingerprint density at radius 3 is 2.25 bits per heavy atom. The van der Waals surface area contributed by atoms with Crippen LogP contribution in [0.2, 0.25) is 0 Å². The lowest BCUT2D eigenvalue weighted by Crippen LogP contribution is -2.46. The Kier molecular flexibility index (Phi) is 4.74. The van der Waals surface area contributed by atoms with Crippen molar-refractivity contribution < 1.29 is 19.5 Å². The second kappa shape index (κ2) is 5.34. The molecule has 0 spiro atoms. The van der Waals surface area contributed by atoms with Gasteiger partial charge in [0.05, 0.1) is 5.41 Å². The molecule has 0 rings (SSSR count). The molecule has 0 saturated heterocycles. The smallest absolute Gasteiger partial charge is 0.317 e. The monoisotopic (exact) mass is 231 g/mol. The molecule has 0 saturated carbocycles. The molecule has 7 nitrogen and oxygen atoms in total. The zero-order valence-corrected chi connectivity index (χ0v) is 9.61. The highest BCUT2D eigenvalue weighted by Gasteiger charge is 2.28. The lowest BCUT2D eigenvalue weighted by Gasteiger charge is -2.22. The largest absolute Gasteiger partial charge is 0.481 e. The highest BCUT2D eigenvalue weighted by Crippen LogP contribution is 2.12. The van der Waals surface area contributed by atoms with E-state index in [9.17, 15) is 14.4 Å². The van der Waals surface area contributed by atoms with Gasteiger partial charge in [0.1, 0.15) is 6.54 Å². The molecule has 0 aromatic carbocycles. The summed E-state index contributed by atoms with van der Waals surface area (Å²) in [7, 11) is 1.40. The van der Waals surface area contributed by atoms with E-state index < -0.39 is 23.3 Å². The van der Waals surface area contributed by atoms with Crippen LogP contribution in [0, 0.1) is 5.41 Å². The standard InChI is InChI=1S/C9H17N3O4/c1-9(2,7(14)15)5-11-8(16)12(3)4-6(10)13/h4-5H2,1-3H3,(H2,10,13)(H,11,16)(H,14,15). The number of nitrogens with two attached hydrogens (primary N) is 1. The van der Waals surface area contributed by atoms with Crippen LogP contribution in [0.25, 0.3) is 0 Å². The predicted molar refractivity (Wildman–Crippen MR) is 56.6 cm³/mol. The first-order valence-electron chi connectivity index (χ1n) is 4.67. The quantitative estimate of drug-likeness (QED) is 0.576. The maximum atomic E-state index is 11.4. The van der Waals surface area contributed by atoms with Crippen molar-refractivity contribution in [3.05, 3.63) is 0 Å². The molecule has 92 valence electrons. The molecule has 0 bridgehead atoms. The van der Waals surface area contributed by atoms with Crippen molar-refractivity contribution in [1.29, 1.82) is 0 Å². The average molecular weight is 231 g/mol. The fourth-order valence-electron chi connectivity index (χ4n) is 0.813. The van der Waals surface area contributed by atoms with Gasteiger partial charge in [-0.1, -0.05) is 0 Å². The van der Waals surface area contributed by atoms with E-state index in [1.54, 1.807) is 0 Å². The van der Waals surface area contributed by atoms with Gasteiger partial charge in [0.2, 0.25) is 5.91 Å². The van der Waals surface area contributed by atoms with Crippen molar-refractivity contribution >= 4 is 17.9 Å². The van der Waals surface area contributed by atoms with E-state index in [0.717, 1.165) is 4.90 Å². The molecule has 0 atom stereocenters. The van der Waals surface area contributed by atoms with Gasteiger partial charge in [0.15, 0.2) is 0 Å². The number of carbonyl (C=O) groups excluding carboxylic acids is 2. The number of nitrogens with one attached hydrogen (secondary N) is 1. The van der Waals surface area contributed by atoms with Gasteiger partial charge in [-0.2, -0.15) is 0 Å². The Labute approximate surface area is 93.6 Å². The summed E-state index contributed by atoms with van der Waals surface area (Å²) in [6, 6.07) is -0.534. The maximum Gasteiger partial charge on any atom is 0.317 e. The van der Waals surface area contributed by atoms with Crippen molar-refractivity contribution in [2.45, 2.75) is 13.8 Å². The Balaban J connectivity index is 4.17. The molecule has 0 heterocycles. The lowest BCUT2D eigenvalue weighted by molar-refractivity contribution is -0.146. The number of hydrogen-bond donors (Lipinski definition) is 3. The molecule has 0 fully saturated rings. The van der Waals surface area contributed by atoms with E-state index in [1.807, 2.05) is 0 Å². The molecule has 0 aromatic rings. The summed E-state index contributed by atoms with van der Waals surface area (Å²) in [5.41, 5.74) is 3.85. The van der Waals surface area contributed by atoms with Gasteiger partial charge in [-0.15, -0.1) is 0 Å². The number of carbonyl (C=O) groups is 3. The number of urea groups is 1. The summed E-state index contributed by atoms with van der Waals surface area (Å²) < 4.78 is 0. The third kappa shape index (κ3) is 4.63. The van der Waals surface area contributed by atoms with Crippen LogP contribution in [0.3, 0.4) is 0 Å². The van der Waals surface area contributed by atoms with Crippen LogP contribution in [0.15, 0.2) is 0 Å². The van der Waals surface area contributed by atoms with E-state index in [1.165, 1.54) is 20.9 Å². The first-order valence-corrected chi connectivity index (χ1v) is 4.67. The molecule has 7 heteroatoms. The molecule has 3 amide bonds. The number of hydrogen-bond acceptors (Lipinski definition) is 3. The van der Waals surface area contributed by atoms with Crippen molar-refractivity contribution in [2.75, 3.05) is 20.1 Å². The van der Waals surface area contributed by atoms with Gasteiger partial charge in [-0.3, -0.25) is 9.59 Å². The normalized spacial score (nSPS) is 10.7. The van der Waals surface area contributed by atoms with E-state index in [2.05, 4.69) is 5.32 Å². The fourth-order valence-corrected chi connectivity index (χ4v) is 0.813. The Bertz CT molecular complexity index is 301. The van der Waals surface area contributed by atoms with Crippen molar-refractivity contribution in [3.63, 3.8) is 0 Å². The minimum absolute atomic E-state index is 0.0235. The molecule has 0 aliphatic rings. The zero-order chi connectivity index (χ0) is 12.9. The third-order valence-corrected chi connectivity index (χ3v) is 2.00.